The van der Waals surface area contributed by atoms with Crippen molar-refractivity contribution in [3.8, 4) is 0 Å². The first-order valence-corrected chi connectivity index (χ1v) is 7.89. The summed E-state index contributed by atoms with van der Waals surface area (Å²) >= 11 is 7.44. The zero-order valence-electron chi connectivity index (χ0n) is 11.6. The number of thiazole rings is 1. The number of Topliss-reactive ketones (excluding diaryl/α,β-unsaturated/α-hetero) is 1. The average Bonchev–Trinajstić information content (AvgIpc) is 2.73. The number of nitrogens with zero attached hydrogens (tertiary/aromatic N) is 1. The fraction of sp³-hybridized carbons (Fsp3) is 0.375. The van der Waals surface area contributed by atoms with Gasteiger partial charge in [-0.3, -0.25) is 4.79 Å². The second-order valence-corrected chi connectivity index (χ2v) is 7.65. The third-order valence-corrected chi connectivity index (χ3v) is 4.94. The van der Waals surface area contributed by atoms with E-state index in [9.17, 15) is 4.79 Å². The van der Waals surface area contributed by atoms with E-state index in [0.717, 1.165) is 33.4 Å². The van der Waals surface area contributed by atoms with Gasteiger partial charge in [0.1, 0.15) is 0 Å². The topological polar surface area (TPSA) is 30.0 Å². The summed E-state index contributed by atoms with van der Waals surface area (Å²) in [6, 6.07) is 7.79. The molecule has 1 aliphatic carbocycles. The lowest BCUT2D eigenvalue weighted by Gasteiger charge is -2.26. The molecule has 104 valence electrons. The van der Waals surface area contributed by atoms with Gasteiger partial charge in [0.25, 0.3) is 0 Å². The van der Waals surface area contributed by atoms with E-state index in [1.807, 2.05) is 24.3 Å². The van der Waals surface area contributed by atoms with Crippen molar-refractivity contribution in [2.45, 2.75) is 33.1 Å². The van der Waals surface area contributed by atoms with Crippen LogP contribution >= 0.6 is 22.9 Å². The number of carbonyl (C=O) groups excluding carboxylic acids is 1. The molecule has 2 aromatic rings. The molecule has 0 saturated heterocycles. The van der Waals surface area contributed by atoms with E-state index >= 15 is 0 Å². The van der Waals surface area contributed by atoms with E-state index in [1.165, 1.54) is 5.56 Å². The Labute approximate surface area is 127 Å². The molecule has 0 atom stereocenters. The zero-order chi connectivity index (χ0) is 14.3. The number of hydrogen-bond donors (Lipinski definition) is 0. The van der Waals surface area contributed by atoms with Crippen LogP contribution in [-0.2, 0) is 12.8 Å². The number of carbonyl (C=O) groups is 1. The highest BCUT2D eigenvalue weighted by Gasteiger charge is 2.33. The number of benzene rings is 1. The van der Waals surface area contributed by atoms with Gasteiger partial charge in [0.2, 0.25) is 0 Å². The van der Waals surface area contributed by atoms with Crippen LogP contribution in [0.5, 0.6) is 0 Å². The highest BCUT2D eigenvalue weighted by atomic mass is 35.5. The Hall–Kier alpha value is -1.19. The van der Waals surface area contributed by atoms with Crippen LogP contribution in [0, 0.1) is 5.41 Å². The van der Waals surface area contributed by atoms with Crippen molar-refractivity contribution in [3.63, 3.8) is 0 Å². The Morgan fingerprint density at radius 3 is 2.65 bits per heavy atom. The molecule has 3 rings (SSSR count). The second kappa shape index (κ2) is 4.97. The minimum absolute atomic E-state index is 0.0374. The zero-order valence-corrected chi connectivity index (χ0v) is 13.1. The molecule has 0 fully saturated rings. The monoisotopic (exact) mass is 305 g/mol. The molecule has 0 unspecified atom stereocenters. The summed E-state index contributed by atoms with van der Waals surface area (Å²) in [6.07, 6.45) is 2.29. The Balaban J connectivity index is 1.87. The van der Waals surface area contributed by atoms with Crippen LogP contribution in [0.4, 0.5) is 0 Å². The molecule has 0 aliphatic heterocycles. The average molecular weight is 306 g/mol. The maximum Gasteiger partial charge on any atom is 0.175 e. The minimum atomic E-state index is 0.0374. The van der Waals surface area contributed by atoms with Crippen LogP contribution in [-0.4, -0.2) is 10.8 Å². The van der Waals surface area contributed by atoms with Crippen LogP contribution in [0.15, 0.2) is 24.3 Å². The van der Waals surface area contributed by atoms with Gasteiger partial charge in [-0.1, -0.05) is 37.6 Å². The third-order valence-electron chi connectivity index (χ3n) is 3.55. The highest BCUT2D eigenvalue weighted by Crippen LogP contribution is 2.37. The van der Waals surface area contributed by atoms with Crippen molar-refractivity contribution >= 4 is 28.7 Å². The van der Waals surface area contributed by atoms with Gasteiger partial charge >= 0.3 is 0 Å². The summed E-state index contributed by atoms with van der Waals surface area (Å²) in [4.78, 5) is 17.7. The number of halogens is 1. The van der Waals surface area contributed by atoms with Gasteiger partial charge < -0.3 is 0 Å². The van der Waals surface area contributed by atoms with Crippen molar-refractivity contribution in [2.24, 2.45) is 5.41 Å². The van der Waals surface area contributed by atoms with Gasteiger partial charge in [-0.25, -0.2) is 4.98 Å². The van der Waals surface area contributed by atoms with E-state index < -0.39 is 0 Å². The van der Waals surface area contributed by atoms with E-state index in [0.29, 0.717) is 6.42 Å². The molecule has 1 aromatic heterocycles. The first kappa shape index (κ1) is 13.8. The predicted octanol–water partition coefficient (Wildman–Crippen LogP) is 4.54. The number of rotatable bonds is 2. The van der Waals surface area contributed by atoms with Gasteiger partial charge in [0.15, 0.2) is 5.78 Å². The molecular formula is C16H16ClNOS. The summed E-state index contributed by atoms with van der Waals surface area (Å²) in [6.45, 7) is 4.26. The third kappa shape index (κ3) is 2.79. The lowest BCUT2D eigenvalue weighted by Crippen LogP contribution is -2.26. The van der Waals surface area contributed by atoms with E-state index in [-0.39, 0.29) is 11.2 Å². The molecule has 4 heteroatoms. The molecule has 1 aliphatic rings. The molecule has 0 amide bonds. The van der Waals surface area contributed by atoms with E-state index in [1.54, 1.807) is 11.3 Å². The maximum absolute atomic E-state index is 12.2. The number of hydrogen-bond acceptors (Lipinski definition) is 3. The van der Waals surface area contributed by atoms with Crippen molar-refractivity contribution < 1.29 is 4.79 Å². The second-order valence-electron chi connectivity index (χ2n) is 6.13. The molecule has 0 saturated carbocycles. The number of aromatic nitrogens is 1. The van der Waals surface area contributed by atoms with Crippen LogP contribution in [0.1, 0.15) is 46.2 Å². The lowest BCUT2D eigenvalue weighted by atomic mass is 9.78. The van der Waals surface area contributed by atoms with Gasteiger partial charge in [-0.05, 0) is 29.5 Å². The summed E-state index contributed by atoms with van der Waals surface area (Å²) in [7, 11) is 0. The summed E-state index contributed by atoms with van der Waals surface area (Å²) in [5.41, 5.74) is 2.20. The van der Waals surface area contributed by atoms with Crippen molar-refractivity contribution in [1.82, 2.24) is 4.98 Å². The van der Waals surface area contributed by atoms with Crippen LogP contribution in [0.3, 0.4) is 0 Å². The van der Waals surface area contributed by atoms with Gasteiger partial charge in [-0.2, -0.15) is 0 Å². The standard InChI is InChI=1S/C16H16ClNOS/c1-16(2)8-12-15(13(19)9-16)20-14(18-12)7-10-3-5-11(17)6-4-10/h3-6H,7-9H2,1-2H3. The van der Waals surface area contributed by atoms with E-state index in [2.05, 4.69) is 18.8 Å². The number of fused-ring (bicyclic) bond motifs is 1. The molecule has 1 aromatic carbocycles. The Morgan fingerprint density at radius 1 is 1.25 bits per heavy atom. The molecular weight excluding hydrogens is 290 g/mol. The van der Waals surface area contributed by atoms with Crippen molar-refractivity contribution in [3.05, 3.63) is 50.4 Å². The quantitative estimate of drug-likeness (QED) is 0.815. The van der Waals surface area contributed by atoms with Crippen LogP contribution in [0.2, 0.25) is 5.02 Å². The fourth-order valence-electron chi connectivity index (χ4n) is 2.62. The Morgan fingerprint density at radius 2 is 1.95 bits per heavy atom. The Kier molecular flexibility index (Phi) is 3.43. The fourth-order valence-corrected chi connectivity index (χ4v) is 3.80. The molecule has 0 N–H and O–H groups in total. The lowest BCUT2D eigenvalue weighted by molar-refractivity contribution is 0.0916. The van der Waals surface area contributed by atoms with E-state index in [4.69, 9.17) is 11.6 Å². The largest absolute Gasteiger partial charge is 0.293 e. The normalized spacial score (nSPS) is 17.1. The first-order valence-electron chi connectivity index (χ1n) is 6.69. The molecule has 2 nitrogen and oxygen atoms in total. The van der Waals surface area contributed by atoms with Crippen molar-refractivity contribution in [1.29, 1.82) is 0 Å². The summed E-state index contributed by atoms with van der Waals surface area (Å²) in [5, 5.41) is 1.76. The molecule has 20 heavy (non-hydrogen) atoms. The minimum Gasteiger partial charge on any atom is -0.293 e. The van der Waals surface area contributed by atoms with Gasteiger partial charge in [0, 0.05) is 17.9 Å². The van der Waals surface area contributed by atoms with Gasteiger partial charge in [-0.15, -0.1) is 11.3 Å². The highest BCUT2D eigenvalue weighted by molar-refractivity contribution is 7.13. The predicted molar refractivity (Wildman–Crippen MR) is 82.8 cm³/mol. The summed E-state index contributed by atoms with van der Waals surface area (Å²) in [5.74, 6) is 0.246. The van der Waals surface area contributed by atoms with Gasteiger partial charge in [0.05, 0.1) is 15.6 Å². The smallest absolute Gasteiger partial charge is 0.175 e. The number of ketones is 1. The molecule has 0 bridgehead atoms. The van der Waals surface area contributed by atoms with Crippen LogP contribution < -0.4 is 0 Å². The first-order chi connectivity index (χ1) is 9.43. The summed E-state index contributed by atoms with van der Waals surface area (Å²) < 4.78 is 0. The SMILES string of the molecule is CC1(C)CC(=O)c2sc(Cc3ccc(Cl)cc3)nc2C1. The van der Waals surface area contributed by atoms with Crippen molar-refractivity contribution in [2.75, 3.05) is 0 Å². The maximum atomic E-state index is 12.2. The molecule has 0 radical (unpaired) electrons. The molecule has 1 heterocycles. The molecule has 0 spiro atoms. The van der Waals surface area contributed by atoms with Crippen LogP contribution in [0.25, 0.3) is 0 Å². The Bertz CT molecular complexity index is 658.